The second-order valence-corrected chi connectivity index (χ2v) is 9.45. The average Bonchev–Trinajstić information content (AvgIpc) is 3.66. The molecule has 0 fully saturated rings. The molecule has 0 aliphatic rings. The van der Waals surface area contributed by atoms with E-state index in [4.69, 9.17) is 4.74 Å². The molecule has 6 aromatic rings. The molecule has 204 valence electrons. The van der Waals surface area contributed by atoms with Gasteiger partial charge in [0.1, 0.15) is 29.3 Å². The van der Waals surface area contributed by atoms with Gasteiger partial charge in [-0.25, -0.2) is 19.2 Å². The summed E-state index contributed by atoms with van der Waals surface area (Å²) in [7, 11) is 0. The fraction of sp³-hybridized carbons (Fsp3) is 0.103. The van der Waals surface area contributed by atoms with Crippen LogP contribution in [0, 0.1) is 5.82 Å². The Morgan fingerprint density at radius 1 is 0.976 bits per heavy atom. The number of amides is 2. The maximum Gasteiger partial charge on any atom is 0.323 e. The fourth-order valence-corrected chi connectivity index (χ4v) is 4.19. The summed E-state index contributed by atoms with van der Waals surface area (Å²) in [5, 5.41) is 17.5. The predicted molar refractivity (Wildman–Crippen MR) is 152 cm³/mol. The highest BCUT2D eigenvalue weighted by molar-refractivity contribution is 6.02. The Hall–Kier alpha value is -5.65. The molecule has 0 aliphatic heterocycles. The lowest BCUT2D eigenvalue weighted by Gasteiger charge is -2.11. The van der Waals surface area contributed by atoms with Crippen molar-refractivity contribution >= 4 is 28.3 Å². The van der Waals surface area contributed by atoms with Gasteiger partial charge in [0.15, 0.2) is 0 Å². The maximum absolute atomic E-state index is 15.0. The topological polar surface area (TPSA) is 136 Å². The van der Waals surface area contributed by atoms with Crippen LogP contribution in [0.4, 0.5) is 20.6 Å². The van der Waals surface area contributed by atoms with Crippen LogP contribution in [0.2, 0.25) is 0 Å². The summed E-state index contributed by atoms with van der Waals surface area (Å²) in [5.74, 6) is 0.0805. The van der Waals surface area contributed by atoms with Gasteiger partial charge in [-0.1, -0.05) is 6.07 Å². The summed E-state index contributed by atoms with van der Waals surface area (Å²) in [5.41, 5.74) is 4.05. The van der Waals surface area contributed by atoms with Crippen LogP contribution in [0.3, 0.4) is 0 Å². The van der Waals surface area contributed by atoms with Crippen LogP contribution in [0.15, 0.2) is 85.8 Å². The summed E-state index contributed by atoms with van der Waals surface area (Å²) in [4.78, 5) is 25.6. The zero-order valence-corrected chi connectivity index (χ0v) is 22.0. The minimum Gasteiger partial charge on any atom is -0.457 e. The van der Waals surface area contributed by atoms with Crippen LogP contribution in [0.1, 0.15) is 19.9 Å². The number of nitrogens with one attached hydrogen (secondary N) is 3. The average molecular weight is 550 g/mol. The highest BCUT2D eigenvalue weighted by Crippen LogP contribution is 2.31. The van der Waals surface area contributed by atoms with Crippen molar-refractivity contribution in [2.75, 3.05) is 10.6 Å². The van der Waals surface area contributed by atoms with E-state index in [-0.39, 0.29) is 17.5 Å². The molecule has 4 aromatic heterocycles. The van der Waals surface area contributed by atoms with Crippen LogP contribution in [0.5, 0.6) is 11.5 Å². The molecule has 0 unspecified atom stereocenters. The Morgan fingerprint density at radius 2 is 1.83 bits per heavy atom. The number of fused-ring (bicyclic) bond motifs is 1. The molecule has 2 amide bonds. The van der Waals surface area contributed by atoms with Gasteiger partial charge in [0.25, 0.3) is 0 Å². The van der Waals surface area contributed by atoms with E-state index < -0.39 is 11.8 Å². The molecular weight excluding hydrogens is 525 g/mol. The number of nitrogens with zero attached hydrogens (tertiary/aromatic N) is 6. The molecule has 41 heavy (non-hydrogen) atoms. The molecule has 0 radical (unpaired) electrons. The van der Waals surface area contributed by atoms with E-state index >= 15 is 0 Å². The molecule has 0 atom stereocenters. The van der Waals surface area contributed by atoms with Gasteiger partial charge in [-0.05, 0) is 44.2 Å². The number of carbonyl (C=O) groups is 1. The van der Waals surface area contributed by atoms with Gasteiger partial charge >= 0.3 is 6.03 Å². The molecule has 11 nitrogen and oxygen atoms in total. The molecule has 3 N–H and O–H groups in total. The first-order chi connectivity index (χ1) is 19.9. The molecule has 4 heterocycles. The Labute approximate surface area is 233 Å². The van der Waals surface area contributed by atoms with E-state index in [0.717, 1.165) is 22.0 Å². The van der Waals surface area contributed by atoms with Crippen molar-refractivity contribution in [1.82, 2.24) is 34.9 Å². The number of aromatic amines is 1. The van der Waals surface area contributed by atoms with Gasteiger partial charge in [0.2, 0.25) is 0 Å². The summed E-state index contributed by atoms with van der Waals surface area (Å²) >= 11 is 0. The number of halogens is 1. The van der Waals surface area contributed by atoms with Crippen LogP contribution in [0.25, 0.3) is 33.4 Å². The number of H-pyrrole nitrogens is 1. The molecule has 0 saturated carbocycles. The number of rotatable bonds is 7. The number of hydrogen-bond donors (Lipinski definition) is 3. The van der Waals surface area contributed by atoms with Crippen molar-refractivity contribution < 1.29 is 13.9 Å². The second-order valence-electron chi connectivity index (χ2n) is 9.45. The number of carbonyl (C=O) groups excluding carboxylic acids is 1. The molecule has 0 saturated heterocycles. The van der Waals surface area contributed by atoms with E-state index in [1.54, 1.807) is 53.9 Å². The van der Waals surface area contributed by atoms with Gasteiger partial charge in [-0.3, -0.25) is 14.8 Å². The first kappa shape index (κ1) is 25.6. The van der Waals surface area contributed by atoms with E-state index in [9.17, 15) is 9.18 Å². The standard InChI is InChI=1S/C29H24FN9O2/c1-17(2)39-15-27(28(38-39)18-3-5-24-19(9-18)12-31-16-33-24)37-29(40)36-25-6-4-21(10-23(25)30)41-22-7-8-32-26(11-22)20-13-34-35-14-20/h3-17H,1-2H3,(H,34,35)(H2,36,37,40). The summed E-state index contributed by atoms with van der Waals surface area (Å²) < 4.78 is 22.5. The number of ether oxygens (including phenoxy) is 1. The van der Waals surface area contributed by atoms with E-state index in [2.05, 4.69) is 40.9 Å². The Balaban J connectivity index is 1.18. The highest BCUT2D eigenvalue weighted by atomic mass is 19.1. The minimum absolute atomic E-state index is 0.00989. The summed E-state index contributed by atoms with van der Waals surface area (Å²) in [6.45, 7) is 3.97. The van der Waals surface area contributed by atoms with Crippen molar-refractivity contribution in [3.8, 4) is 34.0 Å². The first-order valence-electron chi connectivity index (χ1n) is 12.7. The third-order valence-corrected chi connectivity index (χ3v) is 6.24. The number of urea groups is 1. The van der Waals surface area contributed by atoms with Gasteiger partial charge in [0.05, 0.1) is 28.8 Å². The number of anilines is 2. The van der Waals surface area contributed by atoms with Gasteiger partial charge in [0, 0.05) is 59.5 Å². The molecule has 0 spiro atoms. The lowest BCUT2D eigenvalue weighted by molar-refractivity contribution is 0.262. The summed E-state index contributed by atoms with van der Waals surface area (Å²) in [6.07, 6.45) is 9.90. The second kappa shape index (κ2) is 10.8. The van der Waals surface area contributed by atoms with Gasteiger partial charge in [-0.15, -0.1) is 0 Å². The molecule has 0 bridgehead atoms. The molecule has 12 heteroatoms. The minimum atomic E-state index is -0.658. The quantitative estimate of drug-likeness (QED) is 0.209. The normalized spacial score (nSPS) is 11.1. The molecule has 0 aliphatic carbocycles. The SMILES string of the molecule is CC(C)n1cc(NC(=O)Nc2ccc(Oc3ccnc(-c4cn[nH]c4)c3)cc2F)c(-c2ccc3ncncc3c2)n1. The third-order valence-electron chi connectivity index (χ3n) is 6.24. The molecular formula is C29H24FN9O2. The van der Waals surface area contributed by atoms with Crippen LogP contribution in [-0.4, -0.2) is 41.0 Å². The van der Waals surface area contributed by atoms with Crippen LogP contribution in [-0.2, 0) is 0 Å². The highest BCUT2D eigenvalue weighted by Gasteiger charge is 2.17. The fourth-order valence-electron chi connectivity index (χ4n) is 4.19. The zero-order chi connectivity index (χ0) is 28.3. The number of aromatic nitrogens is 7. The van der Waals surface area contributed by atoms with Gasteiger partial charge < -0.3 is 15.4 Å². The maximum atomic E-state index is 15.0. The summed E-state index contributed by atoms with van der Waals surface area (Å²) in [6, 6.07) is 12.7. The predicted octanol–water partition coefficient (Wildman–Crippen LogP) is 6.43. The van der Waals surface area contributed by atoms with Crippen molar-refractivity contribution in [2.45, 2.75) is 19.9 Å². The lowest BCUT2D eigenvalue weighted by Crippen LogP contribution is -2.20. The molecule has 2 aromatic carbocycles. The zero-order valence-electron chi connectivity index (χ0n) is 22.0. The van der Waals surface area contributed by atoms with Crippen molar-refractivity contribution in [1.29, 1.82) is 0 Å². The third kappa shape index (κ3) is 5.57. The van der Waals surface area contributed by atoms with Crippen molar-refractivity contribution in [2.24, 2.45) is 0 Å². The molecule has 6 rings (SSSR count). The largest absolute Gasteiger partial charge is 0.457 e. The Kier molecular flexibility index (Phi) is 6.78. The van der Waals surface area contributed by atoms with Crippen molar-refractivity contribution in [3.63, 3.8) is 0 Å². The number of pyridine rings is 1. The Bertz CT molecular complexity index is 1850. The van der Waals surface area contributed by atoms with E-state index in [0.29, 0.717) is 22.8 Å². The Morgan fingerprint density at radius 3 is 2.63 bits per heavy atom. The number of hydrogen-bond acceptors (Lipinski definition) is 7. The lowest BCUT2D eigenvalue weighted by atomic mass is 10.1. The first-order valence-corrected chi connectivity index (χ1v) is 12.7. The van der Waals surface area contributed by atoms with Crippen LogP contribution >= 0.6 is 0 Å². The monoisotopic (exact) mass is 549 g/mol. The van der Waals surface area contributed by atoms with E-state index in [1.807, 2.05) is 32.0 Å². The number of benzene rings is 2. The smallest absolute Gasteiger partial charge is 0.323 e. The van der Waals surface area contributed by atoms with Crippen LogP contribution < -0.4 is 15.4 Å². The van der Waals surface area contributed by atoms with Crippen molar-refractivity contribution in [3.05, 3.63) is 91.7 Å². The van der Waals surface area contributed by atoms with E-state index in [1.165, 1.54) is 18.5 Å². The van der Waals surface area contributed by atoms with Gasteiger partial charge in [-0.2, -0.15) is 10.2 Å².